The van der Waals surface area contributed by atoms with E-state index < -0.39 is 0 Å². The first kappa shape index (κ1) is 10.5. The lowest BCUT2D eigenvalue weighted by Gasteiger charge is -2.24. The van der Waals surface area contributed by atoms with E-state index in [0.717, 1.165) is 13.0 Å². The lowest BCUT2D eigenvalue weighted by Crippen LogP contribution is -2.22. The van der Waals surface area contributed by atoms with Crippen molar-refractivity contribution >= 4 is 12.4 Å². The Morgan fingerprint density at radius 1 is 1.38 bits per heavy atom. The van der Waals surface area contributed by atoms with E-state index in [0.29, 0.717) is 6.54 Å². The summed E-state index contributed by atoms with van der Waals surface area (Å²) in [6, 6.07) is 8.36. The molecule has 1 atom stereocenters. The van der Waals surface area contributed by atoms with E-state index in [1.54, 1.807) is 0 Å². The van der Waals surface area contributed by atoms with Gasteiger partial charge in [-0.1, -0.05) is 24.3 Å². The maximum absolute atomic E-state index is 5.59. The van der Waals surface area contributed by atoms with Crippen LogP contribution in [0.25, 0.3) is 0 Å². The first-order valence-corrected chi connectivity index (χ1v) is 4.31. The molecule has 1 aromatic rings. The molecule has 1 unspecified atom stereocenters. The van der Waals surface area contributed by atoms with Gasteiger partial charge in [-0.15, -0.1) is 12.4 Å². The van der Waals surface area contributed by atoms with Crippen molar-refractivity contribution < 1.29 is 4.74 Å². The third-order valence-electron chi connectivity index (χ3n) is 2.31. The van der Waals surface area contributed by atoms with Gasteiger partial charge in [0.1, 0.15) is 0 Å². The molecule has 72 valence electrons. The predicted molar refractivity (Wildman–Crippen MR) is 55.1 cm³/mol. The summed E-state index contributed by atoms with van der Waals surface area (Å²) in [6.07, 6.45) is 1.14. The number of hydrogen-bond acceptors (Lipinski definition) is 2. The minimum atomic E-state index is 0. The molecule has 2 N–H and O–H groups in total. The van der Waals surface area contributed by atoms with Gasteiger partial charge in [-0.2, -0.15) is 0 Å². The fourth-order valence-corrected chi connectivity index (χ4v) is 1.67. The molecule has 1 aliphatic rings. The highest BCUT2D eigenvalue weighted by Gasteiger charge is 2.17. The number of nitrogens with two attached hydrogens (primary N) is 1. The summed E-state index contributed by atoms with van der Waals surface area (Å²) in [5.74, 6) is 0. The number of benzene rings is 1. The summed E-state index contributed by atoms with van der Waals surface area (Å²) in [5.41, 5.74) is 8.25. The summed E-state index contributed by atoms with van der Waals surface area (Å²) >= 11 is 0. The lowest BCUT2D eigenvalue weighted by molar-refractivity contribution is 0.0485. The topological polar surface area (TPSA) is 35.2 Å². The smallest absolute Gasteiger partial charge is 0.0949 e. The van der Waals surface area contributed by atoms with Gasteiger partial charge in [0.15, 0.2) is 0 Å². The van der Waals surface area contributed by atoms with Gasteiger partial charge in [0, 0.05) is 6.54 Å². The second-order valence-corrected chi connectivity index (χ2v) is 3.04. The van der Waals surface area contributed by atoms with Crippen molar-refractivity contribution in [1.82, 2.24) is 0 Å². The van der Waals surface area contributed by atoms with E-state index in [1.165, 1.54) is 11.1 Å². The molecule has 3 heteroatoms. The van der Waals surface area contributed by atoms with Crippen LogP contribution in [0.1, 0.15) is 17.2 Å². The Kier molecular flexibility index (Phi) is 3.72. The molecule has 0 aromatic heterocycles. The quantitative estimate of drug-likeness (QED) is 0.747. The summed E-state index contributed by atoms with van der Waals surface area (Å²) in [5, 5.41) is 0. The zero-order chi connectivity index (χ0) is 8.39. The molecule has 1 aromatic carbocycles. The van der Waals surface area contributed by atoms with Crippen LogP contribution in [0.4, 0.5) is 0 Å². The highest BCUT2D eigenvalue weighted by molar-refractivity contribution is 5.85. The standard InChI is InChI=1S/C10H13NO.ClH/c11-7-10-9-4-2-1-3-8(9)5-6-12-10;/h1-4,10H,5-7,11H2;1H. The normalized spacial score (nSPS) is 20.2. The molecule has 0 amide bonds. The average molecular weight is 200 g/mol. The van der Waals surface area contributed by atoms with Crippen molar-refractivity contribution in [2.45, 2.75) is 12.5 Å². The molecular weight excluding hydrogens is 186 g/mol. The van der Waals surface area contributed by atoms with Crippen LogP contribution >= 0.6 is 12.4 Å². The fraction of sp³-hybridized carbons (Fsp3) is 0.400. The zero-order valence-corrected chi connectivity index (χ0v) is 8.22. The van der Waals surface area contributed by atoms with E-state index in [2.05, 4.69) is 18.2 Å². The van der Waals surface area contributed by atoms with E-state index >= 15 is 0 Å². The van der Waals surface area contributed by atoms with Crippen LogP contribution < -0.4 is 5.73 Å². The first-order chi connectivity index (χ1) is 5.92. The fourth-order valence-electron chi connectivity index (χ4n) is 1.67. The minimum absolute atomic E-state index is 0. The lowest BCUT2D eigenvalue weighted by atomic mass is 9.98. The van der Waals surface area contributed by atoms with Crippen LogP contribution in [0, 0.1) is 0 Å². The van der Waals surface area contributed by atoms with Gasteiger partial charge in [0.05, 0.1) is 12.7 Å². The molecule has 0 fully saturated rings. The van der Waals surface area contributed by atoms with Crippen LogP contribution in [0.15, 0.2) is 24.3 Å². The molecule has 1 heterocycles. The second-order valence-electron chi connectivity index (χ2n) is 3.04. The molecule has 2 rings (SSSR count). The first-order valence-electron chi connectivity index (χ1n) is 4.31. The largest absolute Gasteiger partial charge is 0.372 e. The highest BCUT2D eigenvalue weighted by Crippen LogP contribution is 2.25. The second kappa shape index (κ2) is 4.61. The summed E-state index contributed by atoms with van der Waals surface area (Å²) in [6.45, 7) is 1.38. The maximum atomic E-state index is 5.59. The van der Waals surface area contributed by atoms with Crippen LogP contribution in [-0.2, 0) is 11.2 Å². The SMILES string of the molecule is Cl.NCC1OCCc2ccccc21. The van der Waals surface area contributed by atoms with E-state index in [4.69, 9.17) is 10.5 Å². The van der Waals surface area contributed by atoms with Crippen molar-refractivity contribution in [2.24, 2.45) is 5.73 Å². The number of rotatable bonds is 1. The van der Waals surface area contributed by atoms with Crippen LogP contribution in [0.2, 0.25) is 0 Å². The van der Waals surface area contributed by atoms with Crippen molar-refractivity contribution in [3.63, 3.8) is 0 Å². The minimum Gasteiger partial charge on any atom is -0.372 e. The summed E-state index contributed by atoms with van der Waals surface area (Å²) in [7, 11) is 0. The van der Waals surface area contributed by atoms with Crippen LogP contribution in [-0.4, -0.2) is 13.2 Å². The average Bonchev–Trinajstić information content (AvgIpc) is 2.17. The van der Waals surface area contributed by atoms with E-state index in [9.17, 15) is 0 Å². The third kappa shape index (κ3) is 2.02. The predicted octanol–water partition coefficient (Wildman–Crippen LogP) is 1.68. The van der Waals surface area contributed by atoms with Gasteiger partial charge >= 0.3 is 0 Å². The molecule has 0 saturated heterocycles. The molecule has 13 heavy (non-hydrogen) atoms. The maximum Gasteiger partial charge on any atom is 0.0949 e. The molecular formula is C10H14ClNO. The zero-order valence-electron chi connectivity index (χ0n) is 7.40. The molecule has 2 nitrogen and oxygen atoms in total. The summed E-state index contributed by atoms with van der Waals surface area (Å²) < 4.78 is 5.53. The Bertz CT molecular complexity index is 277. The van der Waals surface area contributed by atoms with Crippen LogP contribution in [0.3, 0.4) is 0 Å². The van der Waals surface area contributed by atoms with Crippen molar-refractivity contribution in [1.29, 1.82) is 0 Å². The Balaban J connectivity index is 0.000000845. The van der Waals surface area contributed by atoms with E-state index in [1.807, 2.05) is 6.07 Å². The molecule has 0 saturated carbocycles. The number of ether oxygens (including phenoxy) is 1. The van der Waals surface area contributed by atoms with Gasteiger partial charge in [0.2, 0.25) is 0 Å². The Hall–Kier alpha value is -0.570. The number of hydrogen-bond donors (Lipinski definition) is 1. The van der Waals surface area contributed by atoms with Gasteiger partial charge < -0.3 is 10.5 Å². The van der Waals surface area contributed by atoms with Gasteiger partial charge in [-0.25, -0.2) is 0 Å². The molecule has 1 aliphatic heterocycles. The molecule has 0 spiro atoms. The van der Waals surface area contributed by atoms with Crippen molar-refractivity contribution in [3.8, 4) is 0 Å². The summed E-state index contributed by atoms with van der Waals surface area (Å²) in [4.78, 5) is 0. The Morgan fingerprint density at radius 3 is 2.92 bits per heavy atom. The van der Waals surface area contributed by atoms with Gasteiger partial charge in [-0.3, -0.25) is 0 Å². The Morgan fingerprint density at radius 2 is 2.15 bits per heavy atom. The van der Waals surface area contributed by atoms with Gasteiger partial charge in [0.25, 0.3) is 0 Å². The highest BCUT2D eigenvalue weighted by atomic mass is 35.5. The van der Waals surface area contributed by atoms with Crippen LogP contribution in [0.5, 0.6) is 0 Å². The van der Waals surface area contributed by atoms with Crippen molar-refractivity contribution in [2.75, 3.05) is 13.2 Å². The molecule has 0 radical (unpaired) electrons. The third-order valence-corrected chi connectivity index (χ3v) is 2.31. The van der Waals surface area contributed by atoms with Gasteiger partial charge in [-0.05, 0) is 17.5 Å². The molecule has 0 bridgehead atoms. The van der Waals surface area contributed by atoms with E-state index in [-0.39, 0.29) is 18.5 Å². The van der Waals surface area contributed by atoms with Crippen molar-refractivity contribution in [3.05, 3.63) is 35.4 Å². The number of halogens is 1. The monoisotopic (exact) mass is 199 g/mol. The molecule has 0 aliphatic carbocycles. The Labute approximate surface area is 84.5 Å². The number of fused-ring (bicyclic) bond motifs is 1.